The summed E-state index contributed by atoms with van der Waals surface area (Å²) < 4.78 is 12.2. The molecule has 0 bridgehead atoms. The highest BCUT2D eigenvalue weighted by atomic mass is 35.5. The first kappa shape index (κ1) is 25.4. The van der Waals surface area contributed by atoms with E-state index in [9.17, 15) is 14.4 Å². The molecule has 186 valence electrons. The van der Waals surface area contributed by atoms with Crippen molar-refractivity contribution >= 4 is 46.8 Å². The smallest absolute Gasteiger partial charge is 0.338 e. The van der Waals surface area contributed by atoms with Crippen LogP contribution >= 0.6 is 22.9 Å². The van der Waals surface area contributed by atoms with E-state index in [0.717, 1.165) is 0 Å². The van der Waals surface area contributed by atoms with E-state index in [4.69, 9.17) is 21.1 Å². The SMILES string of the molecule is CCOC(=O)C1=C(C)N=c2s/c(=C\Nc3ccc(C(=O)OCC)cc3)c(=O)n2[C@@H]1c1ccc(Cl)cc1. The predicted octanol–water partition coefficient (Wildman–Crippen LogP) is 3.65. The van der Waals surface area contributed by atoms with Gasteiger partial charge in [-0.15, -0.1) is 0 Å². The van der Waals surface area contributed by atoms with Gasteiger partial charge >= 0.3 is 11.9 Å². The van der Waals surface area contributed by atoms with E-state index in [1.54, 1.807) is 75.5 Å². The molecule has 10 heteroatoms. The number of benzene rings is 2. The van der Waals surface area contributed by atoms with Crippen molar-refractivity contribution in [1.29, 1.82) is 0 Å². The molecule has 1 aliphatic heterocycles. The lowest BCUT2D eigenvalue weighted by Crippen LogP contribution is -2.40. The van der Waals surface area contributed by atoms with E-state index in [1.807, 2.05) is 0 Å². The van der Waals surface area contributed by atoms with Gasteiger partial charge < -0.3 is 14.8 Å². The molecule has 1 atom stereocenters. The second-order valence-electron chi connectivity index (χ2n) is 7.80. The van der Waals surface area contributed by atoms with Crippen LogP contribution in [0.15, 0.2) is 69.6 Å². The van der Waals surface area contributed by atoms with Gasteiger partial charge in [0.1, 0.15) is 4.53 Å². The van der Waals surface area contributed by atoms with Gasteiger partial charge in [0.05, 0.1) is 36.1 Å². The predicted molar refractivity (Wildman–Crippen MR) is 139 cm³/mol. The molecule has 0 spiro atoms. The molecule has 1 aliphatic rings. The minimum absolute atomic E-state index is 0.201. The Morgan fingerprint density at radius 3 is 2.33 bits per heavy atom. The van der Waals surface area contributed by atoms with Gasteiger partial charge in [0.25, 0.3) is 5.56 Å². The summed E-state index contributed by atoms with van der Waals surface area (Å²) in [6, 6.07) is 13.0. The third kappa shape index (κ3) is 5.12. The van der Waals surface area contributed by atoms with Crippen LogP contribution in [0.4, 0.5) is 5.69 Å². The number of hydrogen-bond donors (Lipinski definition) is 1. The third-order valence-electron chi connectivity index (χ3n) is 5.47. The van der Waals surface area contributed by atoms with Gasteiger partial charge in [0.2, 0.25) is 0 Å². The van der Waals surface area contributed by atoms with Crippen molar-refractivity contribution in [2.45, 2.75) is 26.8 Å². The number of rotatable bonds is 7. The monoisotopic (exact) mass is 525 g/mol. The molecule has 1 aromatic heterocycles. The van der Waals surface area contributed by atoms with Gasteiger partial charge in [-0.05, 0) is 62.7 Å². The molecule has 3 aromatic rings. The van der Waals surface area contributed by atoms with Crippen molar-refractivity contribution in [3.8, 4) is 0 Å². The number of hydrogen-bond acceptors (Lipinski definition) is 8. The maximum absolute atomic E-state index is 13.5. The second-order valence-corrected chi connectivity index (χ2v) is 9.24. The molecule has 0 aliphatic carbocycles. The van der Waals surface area contributed by atoms with Crippen LogP contribution in [0.1, 0.15) is 42.7 Å². The average molecular weight is 526 g/mol. The number of thiazole rings is 1. The molecule has 0 radical (unpaired) electrons. The fourth-order valence-electron chi connectivity index (χ4n) is 3.82. The van der Waals surface area contributed by atoms with Crippen LogP contribution < -0.4 is 20.2 Å². The first-order valence-corrected chi connectivity index (χ1v) is 12.5. The Hall–Kier alpha value is -3.69. The van der Waals surface area contributed by atoms with Crippen molar-refractivity contribution in [3.63, 3.8) is 0 Å². The van der Waals surface area contributed by atoms with Crippen LogP contribution in [0.25, 0.3) is 6.20 Å². The van der Waals surface area contributed by atoms with Crippen molar-refractivity contribution in [1.82, 2.24) is 4.57 Å². The maximum Gasteiger partial charge on any atom is 0.338 e. The van der Waals surface area contributed by atoms with Crippen LogP contribution in [-0.4, -0.2) is 29.7 Å². The van der Waals surface area contributed by atoms with E-state index < -0.39 is 18.0 Å². The highest BCUT2D eigenvalue weighted by Gasteiger charge is 2.33. The van der Waals surface area contributed by atoms with Crippen molar-refractivity contribution in [2.24, 2.45) is 4.99 Å². The number of fused-ring (bicyclic) bond motifs is 1. The van der Waals surface area contributed by atoms with Crippen LogP contribution in [0.2, 0.25) is 5.02 Å². The number of carbonyl (C=O) groups excluding carboxylic acids is 2. The Morgan fingerprint density at radius 2 is 1.69 bits per heavy atom. The lowest BCUT2D eigenvalue weighted by Gasteiger charge is -2.24. The Morgan fingerprint density at radius 1 is 1.06 bits per heavy atom. The van der Waals surface area contributed by atoms with Crippen molar-refractivity contribution in [3.05, 3.63) is 95.6 Å². The van der Waals surface area contributed by atoms with Gasteiger partial charge in [-0.2, -0.15) is 0 Å². The number of anilines is 1. The number of aromatic nitrogens is 1. The molecule has 0 amide bonds. The largest absolute Gasteiger partial charge is 0.463 e. The summed E-state index contributed by atoms with van der Waals surface area (Å²) in [5.41, 5.74) is 2.33. The van der Waals surface area contributed by atoms with E-state index in [2.05, 4.69) is 10.3 Å². The zero-order valence-electron chi connectivity index (χ0n) is 19.9. The molecule has 4 rings (SSSR count). The summed E-state index contributed by atoms with van der Waals surface area (Å²) in [6.45, 7) is 5.71. The number of carbonyl (C=O) groups is 2. The number of nitrogens with zero attached hydrogens (tertiary/aromatic N) is 2. The Labute approximate surface area is 216 Å². The summed E-state index contributed by atoms with van der Waals surface area (Å²) in [6.07, 6.45) is 1.59. The van der Waals surface area contributed by atoms with Crippen LogP contribution in [0, 0.1) is 0 Å². The van der Waals surface area contributed by atoms with Crippen molar-refractivity contribution < 1.29 is 19.1 Å². The van der Waals surface area contributed by atoms with Gasteiger partial charge in [-0.3, -0.25) is 9.36 Å². The molecule has 36 heavy (non-hydrogen) atoms. The molecule has 0 unspecified atom stereocenters. The van der Waals surface area contributed by atoms with Crippen molar-refractivity contribution in [2.75, 3.05) is 18.5 Å². The summed E-state index contributed by atoms with van der Waals surface area (Å²) >= 11 is 7.29. The normalized spacial score (nSPS) is 15.2. The van der Waals surface area contributed by atoms with Gasteiger partial charge in [-0.1, -0.05) is 35.1 Å². The molecule has 1 N–H and O–H groups in total. The van der Waals surface area contributed by atoms with Crippen LogP contribution in [-0.2, 0) is 14.3 Å². The Balaban J connectivity index is 1.74. The third-order valence-corrected chi connectivity index (χ3v) is 6.70. The van der Waals surface area contributed by atoms with E-state index in [0.29, 0.717) is 49.0 Å². The molecular formula is C26H24ClN3O5S. The summed E-state index contributed by atoms with van der Waals surface area (Å²) in [5.74, 6) is -0.917. The van der Waals surface area contributed by atoms with E-state index in [1.165, 1.54) is 15.9 Å². The molecule has 2 aromatic carbocycles. The molecule has 0 saturated carbocycles. The minimum atomic E-state index is -0.705. The van der Waals surface area contributed by atoms with Crippen LogP contribution in [0.5, 0.6) is 0 Å². The molecule has 0 saturated heterocycles. The number of nitrogens with one attached hydrogen (secondary N) is 1. The van der Waals surface area contributed by atoms with Gasteiger partial charge in [0.15, 0.2) is 4.80 Å². The lowest BCUT2D eigenvalue weighted by atomic mass is 9.96. The highest BCUT2D eigenvalue weighted by Crippen LogP contribution is 2.31. The minimum Gasteiger partial charge on any atom is -0.463 e. The number of allylic oxidation sites excluding steroid dienone is 1. The fraction of sp³-hybridized carbons (Fsp3) is 0.231. The highest BCUT2D eigenvalue weighted by molar-refractivity contribution is 7.07. The number of ether oxygens (including phenoxy) is 2. The van der Waals surface area contributed by atoms with E-state index in [-0.39, 0.29) is 12.2 Å². The molecule has 0 fully saturated rings. The second kappa shape index (κ2) is 10.9. The van der Waals surface area contributed by atoms with Crippen LogP contribution in [0.3, 0.4) is 0 Å². The summed E-state index contributed by atoms with van der Waals surface area (Å²) in [4.78, 5) is 43.3. The molecule has 2 heterocycles. The Bertz CT molecular complexity index is 1500. The maximum atomic E-state index is 13.5. The first-order chi connectivity index (χ1) is 17.3. The summed E-state index contributed by atoms with van der Waals surface area (Å²) in [7, 11) is 0. The Kier molecular flexibility index (Phi) is 7.71. The molecular weight excluding hydrogens is 502 g/mol. The standard InChI is InChI=1S/C26H24ClN3O5S/c1-4-34-24(32)17-8-12-19(13-9-17)28-14-20-23(31)30-22(16-6-10-18(27)11-7-16)21(25(33)35-5-2)15(3)29-26(30)36-20/h6-14,22,28H,4-5H2,1-3H3/b20-14-/t22-/m1/s1. The fourth-order valence-corrected chi connectivity index (χ4v) is 4.91. The zero-order valence-corrected chi connectivity index (χ0v) is 21.5. The molecule has 8 nitrogen and oxygen atoms in total. The quantitative estimate of drug-likeness (QED) is 0.473. The number of esters is 2. The number of halogens is 1. The zero-order chi connectivity index (χ0) is 25.8. The topological polar surface area (TPSA) is 99.0 Å². The van der Waals surface area contributed by atoms with E-state index >= 15 is 0 Å². The summed E-state index contributed by atoms with van der Waals surface area (Å²) in [5, 5.41) is 3.64. The van der Waals surface area contributed by atoms with Gasteiger partial charge in [-0.25, -0.2) is 14.6 Å². The lowest BCUT2D eigenvalue weighted by molar-refractivity contribution is -0.139. The van der Waals surface area contributed by atoms with Gasteiger partial charge in [0, 0.05) is 16.9 Å². The average Bonchev–Trinajstić information content (AvgIpc) is 3.17. The first-order valence-electron chi connectivity index (χ1n) is 11.3.